The predicted octanol–water partition coefficient (Wildman–Crippen LogP) is 4.50. The number of benzene rings is 2. The summed E-state index contributed by atoms with van der Waals surface area (Å²) in [7, 11) is 1.96. The molecule has 4 heteroatoms. The molecule has 0 spiro atoms. The van der Waals surface area contributed by atoms with Gasteiger partial charge in [0.05, 0.1) is 11.3 Å². The van der Waals surface area contributed by atoms with Crippen LogP contribution in [-0.4, -0.2) is 7.05 Å². The van der Waals surface area contributed by atoms with Gasteiger partial charge >= 0.3 is 5.63 Å². The molecule has 0 N–H and O–H groups in total. The van der Waals surface area contributed by atoms with Crippen molar-refractivity contribution in [3.63, 3.8) is 0 Å². The van der Waals surface area contributed by atoms with Gasteiger partial charge in [0.15, 0.2) is 0 Å². The number of fused-ring (bicyclic) bond motifs is 1. The molecule has 0 atom stereocenters. The number of rotatable bonds is 3. The maximum atomic E-state index is 12.1. The van der Waals surface area contributed by atoms with Crippen molar-refractivity contribution in [2.24, 2.45) is 0 Å². The van der Waals surface area contributed by atoms with Crippen LogP contribution in [0.1, 0.15) is 11.1 Å². The van der Waals surface area contributed by atoms with Crippen molar-refractivity contribution in [1.82, 2.24) is 0 Å². The lowest BCUT2D eigenvalue weighted by Crippen LogP contribution is -2.21. The van der Waals surface area contributed by atoms with Gasteiger partial charge in [-0.1, -0.05) is 24.3 Å². The molecule has 0 saturated carbocycles. The van der Waals surface area contributed by atoms with Crippen molar-refractivity contribution < 1.29 is 4.42 Å². The summed E-state index contributed by atoms with van der Waals surface area (Å²) < 4.78 is 6.40. The van der Waals surface area contributed by atoms with Crippen molar-refractivity contribution in [3.05, 3.63) is 74.6 Å². The van der Waals surface area contributed by atoms with Crippen LogP contribution >= 0.6 is 15.9 Å². The van der Waals surface area contributed by atoms with E-state index in [2.05, 4.69) is 28.1 Å². The molecule has 0 bridgehead atoms. The van der Waals surface area contributed by atoms with Crippen LogP contribution in [0.4, 0.5) is 5.69 Å². The van der Waals surface area contributed by atoms with Gasteiger partial charge in [0, 0.05) is 23.5 Å². The molecular formula is C18H16BrNO2. The average Bonchev–Trinajstić information content (AvgIpc) is 2.47. The Morgan fingerprint density at radius 1 is 1.14 bits per heavy atom. The van der Waals surface area contributed by atoms with E-state index in [0.717, 1.165) is 15.5 Å². The van der Waals surface area contributed by atoms with Crippen LogP contribution in [0.3, 0.4) is 0 Å². The van der Waals surface area contributed by atoms with Gasteiger partial charge in [-0.05, 0) is 52.7 Å². The molecule has 3 nitrogen and oxygen atoms in total. The normalized spacial score (nSPS) is 10.9. The Kier molecular flexibility index (Phi) is 4.03. The molecule has 0 saturated heterocycles. The minimum absolute atomic E-state index is 0.284. The Hall–Kier alpha value is -2.07. The van der Waals surface area contributed by atoms with Gasteiger partial charge < -0.3 is 9.32 Å². The highest BCUT2D eigenvalue weighted by atomic mass is 79.9. The monoisotopic (exact) mass is 357 g/mol. The molecule has 0 aliphatic rings. The highest BCUT2D eigenvalue weighted by Crippen LogP contribution is 2.27. The lowest BCUT2D eigenvalue weighted by atomic mass is 10.1. The minimum Gasteiger partial charge on any atom is -0.422 e. The molecule has 3 aromatic rings. The fourth-order valence-electron chi connectivity index (χ4n) is 2.48. The van der Waals surface area contributed by atoms with E-state index in [1.54, 1.807) is 6.07 Å². The molecule has 0 fully saturated rings. The lowest BCUT2D eigenvalue weighted by molar-refractivity contribution is 0.549. The van der Waals surface area contributed by atoms with Gasteiger partial charge in [-0.15, -0.1) is 0 Å². The summed E-state index contributed by atoms with van der Waals surface area (Å²) in [6.45, 7) is 2.54. The second kappa shape index (κ2) is 5.97. The van der Waals surface area contributed by atoms with E-state index in [1.165, 1.54) is 5.56 Å². The van der Waals surface area contributed by atoms with Gasteiger partial charge in [0.2, 0.25) is 0 Å². The average molecular weight is 358 g/mol. The first kappa shape index (κ1) is 14.9. The highest BCUT2D eigenvalue weighted by Gasteiger charge is 2.11. The van der Waals surface area contributed by atoms with Crippen molar-refractivity contribution in [2.75, 3.05) is 11.9 Å². The van der Waals surface area contributed by atoms with Crippen LogP contribution in [0.25, 0.3) is 11.0 Å². The van der Waals surface area contributed by atoms with E-state index in [9.17, 15) is 4.79 Å². The SMILES string of the molecule is Cc1ccc(N(C)Cc2cc3ccccc3oc2=O)c(Br)c1. The zero-order valence-corrected chi connectivity index (χ0v) is 14.1. The van der Waals surface area contributed by atoms with Gasteiger partial charge in [-0.3, -0.25) is 0 Å². The molecule has 2 aromatic carbocycles. The Balaban J connectivity index is 1.95. The van der Waals surface area contributed by atoms with Crippen LogP contribution < -0.4 is 10.5 Å². The molecule has 0 aliphatic carbocycles. The second-order valence-corrected chi connectivity index (χ2v) is 6.26. The van der Waals surface area contributed by atoms with Gasteiger partial charge in [-0.2, -0.15) is 0 Å². The van der Waals surface area contributed by atoms with E-state index in [0.29, 0.717) is 17.7 Å². The molecule has 0 amide bonds. The molecular weight excluding hydrogens is 342 g/mol. The van der Waals surface area contributed by atoms with Gasteiger partial charge in [-0.25, -0.2) is 4.79 Å². The molecule has 22 heavy (non-hydrogen) atoms. The Bertz CT molecular complexity index is 886. The maximum absolute atomic E-state index is 12.1. The first-order valence-electron chi connectivity index (χ1n) is 7.03. The van der Waals surface area contributed by atoms with E-state index >= 15 is 0 Å². The van der Waals surface area contributed by atoms with Crippen LogP contribution in [0, 0.1) is 6.92 Å². The third kappa shape index (κ3) is 2.92. The highest BCUT2D eigenvalue weighted by molar-refractivity contribution is 9.10. The smallest absolute Gasteiger partial charge is 0.341 e. The largest absolute Gasteiger partial charge is 0.422 e. The summed E-state index contributed by atoms with van der Waals surface area (Å²) in [4.78, 5) is 14.2. The molecule has 1 heterocycles. The zero-order valence-electron chi connectivity index (χ0n) is 12.5. The van der Waals surface area contributed by atoms with Crippen LogP contribution in [0.15, 0.2) is 62.2 Å². The van der Waals surface area contributed by atoms with Crippen molar-refractivity contribution in [2.45, 2.75) is 13.5 Å². The lowest BCUT2D eigenvalue weighted by Gasteiger charge is -2.20. The summed E-state index contributed by atoms with van der Waals surface area (Å²) in [6, 6.07) is 15.6. The summed E-state index contributed by atoms with van der Waals surface area (Å²) in [5.41, 5.74) is 3.21. The molecule has 0 radical (unpaired) electrons. The van der Waals surface area contributed by atoms with Crippen LogP contribution in [0.2, 0.25) is 0 Å². The minimum atomic E-state index is -0.284. The van der Waals surface area contributed by atoms with E-state index in [1.807, 2.05) is 49.2 Å². The van der Waals surface area contributed by atoms with E-state index < -0.39 is 0 Å². The van der Waals surface area contributed by atoms with Crippen LogP contribution in [-0.2, 0) is 6.54 Å². The van der Waals surface area contributed by atoms with Crippen molar-refractivity contribution >= 4 is 32.6 Å². The number of nitrogens with zero attached hydrogens (tertiary/aromatic N) is 1. The summed E-state index contributed by atoms with van der Waals surface area (Å²) >= 11 is 3.58. The van der Waals surface area contributed by atoms with Crippen molar-refractivity contribution in [3.8, 4) is 0 Å². The Morgan fingerprint density at radius 2 is 1.91 bits per heavy atom. The fraction of sp³-hybridized carbons (Fsp3) is 0.167. The Labute approximate surface area is 137 Å². The first-order valence-corrected chi connectivity index (χ1v) is 7.83. The number of hydrogen-bond acceptors (Lipinski definition) is 3. The number of para-hydroxylation sites is 1. The Morgan fingerprint density at radius 3 is 2.68 bits per heavy atom. The standard InChI is InChI=1S/C18H16BrNO2/c1-12-7-8-16(15(19)9-12)20(2)11-14-10-13-5-3-4-6-17(13)22-18(14)21/h3-10H,11H2,1-2H3. The molecule has 1 aromatic heterocycles. The molecule has 0 unspecified atom stereocenters. The summed E-state index contributed by atoms with van der Waals surface area (Å²) in [5, 5.41) is 0.938. The van der Waals surface area contributed by atoms with E-state index in [-0.39, 0.29) is 5.63 Å². The maximum Gasteiger partial charge on any atom is 0.341 e. The topological polar surface area (TPSA) is 33.5 Å². The third-order valence-electron chi connectivity index (χ3n) is 3.64. The van der Waals surface area contributed by atoms with Crippen LogP contribution in [0.5, 0.6) is 0 Å². The van der Waals surface area contributed by atoms with E-state index in [4.69, 9.17) is 4.42 Å². The quantitative estimate of drug-likeness (QED) is 0.647. The molecule has 3 rings (SSSR count). The second-order valence-electron chi connectivity index (χ2n) is 5.41. The zero-order chi connectivity index (χ0) is 15.7. The first-order chi connectivity index (χ1) is 10.5. The van der Waals surface area contributed by atoms with Gasteiger partial charge in [0.1, 0.15) is 5.58 Å². The predicted molar refractivity (Wildman–Crippen MR) is 93.5 cm³/mol. The van der Waals surface area contributed by atoms with Gasteiger partial charge in [0.25, 0.3) is 0 Å². The molecule has 112 valence electrons. The number of hydrogen-bond donors (Lipinski definition) is 0. The van der Waals surface area contributed by atoms with Crippen molar-refractivity contribution in [1.29, 1.82) is 0 Å². The fourth-order valence-corrected chi connectivity index (χ4v) is 3.27. The number of aryl methyl sites for hydroxylation is 1. The number of halogens is 1. The summed E-state index contributed by atoms with van der Waals surface area (Å²) in [6.07, 6.45) is 0. The molecule has 0 aliphatic heterocycles. The summed E-state index contributed by atoms with van der Waals surface area (Å²) in [5.74, 6) is 0. The number of anilines is 1. The third-order valence-corrected chi connectivity index (χ3v) is 4.27.